The van der Waals surface area contributed by atoms with E-state index >= 15 is 0 Å². The Morgan fingerprint density at radius 1 is 1.00 bits per heavy atom. The van der Waals surface area contributed by atoms with E-state index in [1.807, 2.05) is 5.57 Å². The second-order valence-corrected chi connectivity index (χ2v) is 14.0. The first kappa shape index (κ1) is 22.6. The van der Waals surface area contributed by atoms with Gasteiger partial charge in [-0.15, -0.1) is 0 Å². The van der Waals surface area contributed by atoms with E-state index in [-0.39, 0.29) is 5.41 Å². The molecule has 0 unspecified atom stereocenters. The van der Waals surface area contributed by atoms with E-state index in [0.717, 1.165) is 12.3 Å². The summed E-state index contributed by atoms with van der Waals surface area (Å²) in [6.45, 7) is 20.1. The summed E-state index contributed by atoms with van der Waals surface area (Å²) >= 11 is 0. The number of rotatable bonds is 3. The van der Waals surface area contributed by atoms with Crippen molar-refractivity contribution in [1.29, 1.82) is 0 Å². The van der Waals surface area contributed by atoms with Gasteiger partial charge in [0.25, 0.3) is 0 Å². The Balaban J connectivity index is 1.79. The van der Waals surface area contributed by atoms with Crippen LogP contribution in [0.3, 0.4) is 0 Å². The van der Waals surface area contributed by atoms with Gasteiger partial charge in [0.1, 0.15) is 6.29 Å². The Hall–Kier alpha value is -0.590. The maximum absolute atomic E-state index is 11.9. The molecule has 0 heterocycles. The molecule has 0 radical (unpaired) electrons. The summed E-state index contributed by atoms with van der Waals surface area (Å²) in [6.07, 6.45) is 15.4. The standard InChI is InChI=1S/C29H48O/c1-20(2)21-11-12-29(8)24(27(21,6)17-18-30)10-9-22-23-19-25(3,4)13-14-26(23,5)15-16-28(22,29)7/h9,18,20-21,23-24H,10-17,19H2,1-8H3/t21-,23-,24+,26+,27-,28+,29+/m0/s1. The summed E-state index contributed by atoms with van der Waals surface area (Å²) in [4.78, 5) is 11.9. The minimum absolute atomic E-state index is 0.139. The van der Waals surface area contributed by atoms with Gasteiger partial charge in [0.15, 0.2) is 0 Å². The van der Waals surface area contributed by atoms with E-state index in [0.29, 0.717) is 39.4 Å². The summed E-state index contributed by atoms with van der Waals surface area (Å²) in [5.74, 6) is 2.72. The Morgan fingerprint density at radius 2 is 1.67 bits per heavy atom. The zero-order valence-corrected chi connectivity index (χ0v) is 21.2. The highest BCUT2D eigenvalue weighted by Crippen LogP contribution is 2.73. The van der Waals surface area contributed by atoms with Crippen LogP contribution >= 0.6 is 0 Å². The van der Waals surface area contributed by atoms with E-state index in [1.54, 1.807) is 0 Å². The van der Waals surface area contributed by atoms with Crippen molar-refractivity contribution in [3.63, 3.8) is 0 Å². The van der Waals surface area contributed by atoms with E-state index in [2.05, 4.69) is 61.5 Å². The van der Waals surface area contributed by atoms with E-state index in [4.69, 9.17) is 0 Å². The molecule has 0 bridgehead atoms. The van der Waals surface area contributed by atoms with E-state index in [1.165, 1.54) is 57.7 Å². The predicted molar refractivity (Wildman–Crippen MR) is 127 cm³/mol. The molecular weight excluding hydrogens is 364 g/mol. The molecule has 1 heteroatoms. The SMILES string of the molecule is CC(C)[C@@H]1CC[C@]2(C)[C@H](CC=C3[C@@H]4CC(C)(C)CC[C@]4(C)CC[C@]32C)[C@@]1(C)CC=O. The number of allylic oxidation sites excluding steroid dienone is 2. The van der Waals surface area contributed by atoms with Crippen LogP contribution in [0, 0.1) is 50.7 Å². The second kappa shape index (κ2) is 6.95. The molecule has 30 heavy (non-hydrogen) atoms. The zero-order valence-electron chi connectivity index (χ0n) is 21.2. The van der Waals surface area contributed by atoms with Crippen molar-refractivity contribution in [2.24, 2.45) is 50.7 Å². The lowest BCUT2D eigenvalue weighted by atomic mass is 9.35. The molecule has 0 aromatic rings. The lowest BCUT2D eigenvalue weighted by molar-refractivity contribution is -0.156. The topological polar surface area (TPSA) is 17.1 Å². The molecule has 0 aliphatic heterocycles. The van der Waals surface area contributed by atoms with Crippen LogP contribution in [0.2, 0.25) is 0 Å². The van der Waals surface area contributed by atoms with E-state index in [9.17, 15) is 4.79 Å². The van der Waals surface area contributed by atoms with Crippen LogP contribution in [0.25, 0.3) is 0 Å². The first-order valence-electron chi connectivity index (χ1n) is 13.0. The van der Waals surface area contributed by atoms with Crippen molar-refractivity contribution in [2.45, 2.75) is 113 Å². The summed E-state index contributed by atoms with van der Waals surface area (Å²) < 4.78 is 0. The highest BCUT2D eigenvalue weighted by Gasteiger charge is 2.65. The van der Waals surface area contributed by atoms with Crippen LogP contribution in [0.15, 0.2) is 11.6 Å². The molecule has 0 aromatic heterocycles. The first-order valence-corrected chi connectivity index (χ1v) is 13.0. The molecule has 3 fully saturated rings. The van der Waals surface area contributed by atoms with Crippen LogP contribution in [-0.4, -0.2) is 6.29 Å². The van der Waals surface area contributed by atoms with Crippen LogP contribution in [0.1, 0.15) is 113 Å². The average molecular weight is 413 g/mol. The molecular formula is C29H48O. The van der Waals surface area contributed by atoms with E-state index < -0.39 is 0 Å². The molecule has 1 nitrogen and oxygen atoms in total. The first-order chi connectivity index (χ1) is 13.8. The van der Waals surface area contributed by atoms with Gasteiger partial charge >= 0.3 is 0 Å². The van der Waals surface area contributed by atoms with Crippen molar-refractivity contribution >= 4 is 6.29 Å². The zero-order chi connectivity index (χ0) is 22.2. The highest BCUT2D eigenvalue weighted by atomic mass is 16.1. The molecule has 0 N–H and O–H groups in total. The maximum atomic E-state index is 11.9. The molecule has 3 saturated carbocycles. The molecule has 0 saturated heterocycles. The number of carbonyl (C=O) groups excluding carboxylic acids is 1. The third-order valence-corrected chi connectivity index (χ3v) is 11.7. The van der Waals surface area contributed by atoms with Crippen LogP contribution < -0.4 is 0 Å². The van der Waals surface area contributed by atoms with Gasteiger partial charge in [-0.25, -0.2) is 0 Å². The predicted octanol–water partition coefficient (Wildman–Crippen LogP) is 8.23. The van der Waals surface area contributed by atoms with Crippen molar-refractivity contribution in [3.8, 4) is 0 Å². The largest absolute Gasteiger partial charge is 0.303 e. The third kappa shape index (κ3) is 2.96. The van der Waals surface area contributed by atoms with Crippen LogP contribution in [0.5, 0.6) is 0 Å². The van der Waals surface area contributed by atoms with Gasteiger partial charge in [-0.1, -0.05) is 67.0 Å². The Labute approximate surface area is 186 Å². The Bertz CT molecular complexity index is 731. The normalized spacial score (nSPS) is 50.2. The lowest BCUT2D eigenvalue weighted by Crippen LogP contribution is -2.61. The van der Waals surface area contributed by atoms with Crippen LogP contribution in [-0.2, 0) is 4.79 Å². The van der Waals surface area contributed by atoms with Gasteiger partial charge in [-0.2, -0.15) is 0 Å². The fraction of sp³-hybridized carbons (Fsp3) is 0.897. The summed E-state index contributed by atoms with van der Waals surface area (Å²) in [5, 5.41) is 0. The molecule has 170 valence electrons. The number of fused-ring (bicyclic) bond motifs is 5. The fourth-order valence-corrected chi connectivity index (χ4v) is 9.48. The fourth-order valence-electron chi connectivity index (χ4n) is 9.48. The monoisotopic (exact) mass is 412 g/mol. The number of hydrogen-bond donors (Lipinski definition) is 0. The van der Waals surface area contributed by atoms with Gasteiger partial charge in [0.05, 0.1) is 0 Å². The van der Waals surface area contributed by atoms with Gasteiger partial charge < -0.3 is 4.79 Å². The lowest BCUT2D eigenvalue weighted by Gasteiger charge is -2.69. The second-order valence-electron chi connectivity index (χ2n) is 14.0. The number of carbonyl (C=O) groups is 1. The number of hydrogen-bond acceptors (Lipinski definition) is 1. The van der Waals surface area contributed by atoms with Gasteiger partial charge in [0.2, 0.25) is 0 Å². The molecule has 7 atom stereocenters. The minimum atomic E-state index is 0.139. The molecule has 0 spiro atoms. The molecule has 0 aromatic carbocycles. The maximum Gasteiger partial charge on any atom is 0.120 e. The van der Waals surface area contributed by atoms with Crippen molar-refractivity contribution in [1.82, 2.24) is 0 Å². The van der Waals surface area contributed by atoms with Crippen LogP contribution in [0.4, 0.5) is 0 Å². The third-order valence-electron chi connectivity index (χ3n) is 11.7. The van der Waals surface area contributed by atoms with Gasteiger partial charge in [-0.05, 0) is 102 Å². The van der Waals surface area contributed by atoms with Crippen molar-refractivity contribution < 1.29 is 4.79 Å². The average Bonchev–Trinajstić information content (AvgIpc) is 2.64. The molecule has 4 aliphatic rings. The van der Waals surface area contributed by atoms with Gasteiger partial charge in [-0.3, -0.25) is 0 Å². The number of aldehydes is 1. The highest BCUT2D eigenvalue weighted by molar-refractivity contribution is 5.51. The molecule has 4 rings (SSSR count). The van der Waals surface area contributed by atoms with Crippen molar-refractivity contribution in [2.75, 3.05) is 0 Å². The Kier molecular flexibility index (Phi) is 5.24. The minimum Gasteiger partial charge on any atom is -0.303 e. The molecule has 4 aliphatic carbocycles. The smallest absolute Gasteiger partial charge is 0.120 e. The quantitative estimate of drug-likeness (QED) is 0.337. The Morgan fingerprint density at radius 3 is 2.30 bits per heavy atom. The van der Waals surface area contributed by atoms with Crippen molar-refractivity contribution in [3.05, 3.63) is 11.6 Å². The summed E-state index contributed by atoms with van der Waals surface area (Å²) in [6, 6.07) is 0. The molecule has 0 amide bonds. The summed E-state index contributed by atoms with van der Waals surface area (Å²) in [7, 11) is 0. The van der Waals surface area contributed by atoms with Gasteiger partial charge in [0, 0.05) is 6.42 Å². The summed E-state index contributed by atoms with van der Waals surface area (Å²) in [5.41, 5.74) is 3.58.